The summed E-state index contributed by atoms with van der Waals surface area (Å²) in [6, 6.07) is 12.7. The molecule has 0 aliphatic carbocycles. The molecule has 0 fully saturated rings. The summed E-state index contributed by atoms with van der Waals surface area (Å²) in [4.78, 5) is 26.2. The Balaban J connectivity index is 1.57. The van der Waals surface area contributed by atoms with Crippen LogP contribution in [0.15, 0.2) is 51.7 Å². The van der Waals surface area contributed by atoms with Crippen LogP contribution in [0.2, 0.25) is 0 Å². The zero-order chi connectivity index (χ0) is 18.3. The highest BCUT2D eigenvalue weighted by Crippen LogP contribution is 2.22. The zero-order valence-corrected chi connectivity index (χ0v) is 14.2. The summed E-state index contributed by atoms with van der Waals surface area (Å²) in [5.74, 6) is -0.854. The van der Waals surface area contributed by atoms with E-state index in [0.29, 0.717) is 28.2 Å². The summed E-state index contributed by atoms with van der Waals surface area (Å²) < 4.78 is 4.94. The number of nitrogens with zero attached hydrogens (tertiary/aromatic N) is 1. The van der Waals surface area contributed by atoms with E-state index in [1.54, 1.807) is 24.3 Å². The Morgan fingerprint density at radius 2 is 1.92 bits per heavy atom. The molecule has 0 saturated heterocycles. The largest absolute Gasteiger partial charge is 0.417 e. The van der Waals surface area contributed by atoms with Crippen LogP contribution in [0.25, 0.3) is 22.4 Å². The molecule has 4 rings (SSSR count). The first-order valence-electron chi connectivity index (χ1n) is 8.07. The van der Waals surface area contributed by atoms with Gasteiger partial charge in [0.05, 0.1) is 11.2 Å². The second kappa shape index (κ2) is 6.03. The fourth-order valence-electron chi connectivity index (χ4n) is 2.71. The van der Waals surface area contributed by atoms with Crippen molar-refractivity contribution in [2.24, 2.45) is 0 Å². The number of aromatic nitrogens is 3. The Bertz CT molecular complexity index is 1180. The van der Waals surface area contributed by atoms with E-state index in [0.717, 1.165) is 5.56 Å². The van der Waals surface area contributed by atoms with E-state index in [4.69, 9.17) is 4.42 Å². The first kappa shape index (κ1) is 15.9. The number of rotatable bonds is 3. The molecular weight excluding hydrogens is 332 g/mol. The van der Waals surface area contributed by atoms with Gasteiger partial charge in [-0.3, -0.25) is 14.9 Å². The number of carbonyl (C=O) groups excluding carboxylic acids is 1. The van der Waals surface area contributed by atoms with Gasteiger partial charge in [-0.25, -0.2) is 4.79 Å². The number of nitrogens with one attached hydrogen (secondary N) is 3. The Labute approximate surface area is 148 Å². The molecule has 2 aromatic heterocycles. The highest BCUT2D eigenvalue weighted by atomic mass is 16.4. The van der Waals surface area contributed by atoms with E-state index in [1.807, 2.05) is 32.0 Å². The van der Waals surface area contributed by atoms with Crippen LogP contribution >= 0.6 is 0 Å². The molecule has 7 heteroatoms. The quantitative estimate of drug-likeness (QED) is 0.528. The summed E-state index contributed by atoms with van der Waals surface area (Å²) in [6.45, 7) is 4.09. The molecule has 1 amide bonds. The van der Waals surface area contributed by atoms with Gasteiger partial charge in [0.15, 0.2) is 5.58 Å². The predicted molar refractivity (Wildman–Crippen MR) is 98.3 cm³/mol. The van der Waals surface area contributed by atoms with Gasteiger partial charge in [-0.2, -0.15) is 5.10 Å². The van der Waals surface area contributed by atoms with Gasteiger partial charge in [-0.1, -0.05) is 12.1 Å². The summed E-state index contributed by atoms with van der Waals surface area (Å²) in [5, 5.41) is 9.76. The number of hydrogen-bond donors (Lipinski definition) is 3. The third-order valence-electron chi connectivity index (χ3n) is 4.30. The van der Waals surface area contributed by atoms with Crippen molar-refractivity contribution in [2.45, 2.75) is 13.8 Å². The minimum Gasteiger partial charge on any atom is -0.408 e. The fraction of sp³-hybridized carbons (Fsp3) is 0.105. The van der Waals surface area contributed by atoms with Gasteiger partial charge < -0.3 is 9.73 Å². The van der Waals surface area contributed by atoms with Crippen LogP contribution in [0.1, 0.15) is 21.6 Å². The van der Waals surface area contributed by atoms with Crippen molar-refractivity contribution in [3.05, 3.63) is 69.8 Å². The van der Waals surface area contributed by atoms with Crippen LogP contribution in [0.3, 0.4) is 0 Å². The lowest BCUT2D eigenvalue weighted by atomic mass is 10.0. The average Bonchev–Trinajstić information content (AvgIpc) is 3.23. The zero-order valence-electron chi connectivity index (χ0n) is 14.2. The SMILES string of the molecule is Cc1ccc(-c2cc(C(=O)Nc3ccc4oc(=O)[nH]c4c3)[nH]n2)cc1C. The maximum absolute atomic E-state index is 12.4. The van der Waals surface area contributed by atoms with Crippen LogP contribution in [0.5, 0.6) is 0 Å². The van der Waals surface area contributed by atoms with E-state index in [2.05, 4.69) is 20.5 Å². The third kappa shape index (κ3) is 2.90. The molecule has 2 aromatic carbocycles. The summed E-state index contributed by atoms with van der Waals surface area (Å²) in [7, 11) is 0. The minimum absolute atomic E-state index is 0.322. The molecule has 7 nitrogen and oxygen atoms in total. The first-order chi connectivity index (χ1) is 12.5. The molecule has 0 spiro atoms. The number of anilines is 1. The van der Waals surface area contributed by atoms with E-state index >= 15 is 0 Å². The number of fused-ring (bicyclic) bond motifs is 1. The van der Waals surface area contributed by atoms with E-state index < -0.39 is 5.76 Å². The Kier molecular flexibility index (Phi) is 3.69. The molecule has 0 bridgehead atoms. The Morgan fingerprint density at radius 3 is 2.73 bits per heavy atom. The maximum Gasteiger partial charge on any atom is 0.417 e. The van der Waals surface area contributed by atoms with Gasteiger partial charge in [-0.05, 0) is 55.3 Å². The molecule has 4 aromatic rings. The minimum atomic E-state index is -0.532. The van der Waals surface area contributed by atoms with Crippen LogP contribution in [-0.2, 0) is 0 Å². The molecule has 0 aliphatic heterocycles. The van der Waals surface area contributed by atoms with Gasteiger partial charge in [0.2, 0.25) is 0 Å². The average molecular weight is 348 g/mol. The number of benzene rings is 2. The van der Waals surface area contributed by atoms with Gasteiger partial charge in [0.25, 0.3) is 5.91 Å². The molecule has 0 aliphatic rings. The van der Waals surface area contributed by atoms with Gasteiger partial charge in [0, 0.05) is 11.3 Å². The lowest BCUT2D eigenvalue weighted by Gasteiger charge is -2.03. The maximum atomic E-state index is 12.4. The second-order valence-corrected chi connectivity index (χ2v) is 6.15. The molecule has 3 N–H and O–H groups in total. The number of hydrogen-bond acceptors (Lipinski definition) is 4. The molecular formula is C19H16N4O3. The van der Waals surface area contributed by atoms with Crippen molar-refractivity contribution in [3.8, 4) is 11.3 Å². The first-order valence-corrected chi connectivity index (χ1v) is 8.07. The van der Waals surface area contributed by atoms with E-state index in [1.165, 1.54) is 11.1 Å². The lowest BCUT2D eigenvalue weighted by molar-refractivity contribution is 0.102. The molecule has 0 unspecified atom stereocenters. The van der Waals surface area contributed by atoms with Gasteiger partial charge in [0.1, 0.15) is 5.69 Å². The summed E-state index contributed by atoms with van der Waals surface area (Å²) >= 11 is 0. The fourth-order valence-corrected chi connectivity index (χ4v) is 2.71. The number of oxazole rings is 1. The standard InChI is InChI=1S/C19H16N4O3/c1-10-3-4-12(7-11(10)2)14-9-16(23-22-14)18(24)20-13-5-6-17-15(8-13)21-19(25)26-17/h3-9H,1-2H3,(H,20,24)(H,21,25)(H,22,23). The van der Waals surface area contributed by atoms with Gasteiger partial charge in [-0.15, -0.1) is 0 Å². The van der Waals surface area contributed by atoms with Crippen LogP contribution in [0.4, 0.5) is 5.69 Å². The topological polar surface area (TPSA) is 104 Å². The van der Waals surface area contributed by atoms with Crippen LogP contribution in [0, 0.1) is 13.8 Å². The van der Waals surface area contributed by atoms with Crippen molar-refractivity contribution in [2.75, 3.05) is 5.32 Å². The Hall–Kier alpha value is -3.61. The van der Waals surface area contributed by atoms with Crippen molar-refractivity contribution < 1.29 is 9.21 Å². The monoisotopic (exact) mass is 348 g/mol. The van der Waals surface area contributed by atoms with Crippen molar-refractivity contribution >= 4 is 22.7 Å². The molecule has 26 heavy (non-hydrogen) atoms. The van der Waals surface area contributed by atoms with Gasteiger partial charge >= 0.3 is 5.76 Å². The lowest BCUT2D eigenvalue weighted by Crippen LogP contribution is -2.12. The normalized spacial score (nSPS) is 11.0. The number of aryl methyl sites for hydroxylation is 2. The highest BCUT2D eigenvalue weighted by Gasteiger charge is 2.12. The number of amides is 1. The molecule has 0 atom stereocenters. The van der Waals surface area contributed by atoms with Crippen LogP contribution < -0.4 is 11.1 Å². The summed E-state index contributed by atoms with van der Waals surface area (Å²) in [6.07, 6.45) is 0. The predicted octanol–water partition coefficient (Wildman–Crippen LogP) is 3.38. The van der Waals surface area contributed by atoms with Crippen LogP contribution in [-0.4, -0.2) is 21.1 Å². The number of aromatic amines is 2. The highest BCUT2D eigenvalue weighted by molar-refractivity contribution is 6.04. The molecule has 130 valence electrons. The molecule has 0 saturated carbocycles. The smallest absolute Gasteiger partial charge is 0.408 e. The van der Waals surface area contributed by atoms with Crippen molar-refractivity contribution in [1.29, 1.82) is 0 Å². The van der Waals surface area contributed by atoms with Crippen molar-refractivity contribution in [3.63, 3.8) is 0 Å². The molecule has 0 radical (unpaired) electrons. The number of H-pyrrole nitrogens is 2. The molecule has 2 heterocycles. The Morgan fingerprint density at radius 1 is 1.08 bits per heavy atom. The van der Waals surface area contributed by atoms with E-state index in [9.17, 15) is 9.59 Å². The summed E-state index contributed by atoms with van der Waals surface area (Å²) in [5.41, 5.74) is 5.86. The third-order valence-corrected chi connectivity index (χ3v) is 4.30. The van der Waals surface area contributed by atoms with Crippen molar-refractivity contribution in [1.82, 2.24) is 15.2 Å². The number of carbonyl (C=O) groups is 1. The second-order valence-electron chi connectivity index (χ2n) is 6.15. The van der Waals surface area contributed by atoms with E-state index in [-0.39, 0.29) is 5.91 Å².